The van der Waals surface area contributed by atoms with E-state index in [0.717, 1.165) is 16.5 Å². The van der Waals surface area contributed by atoms with E-state index in [2.05, 4.69) is 10.3 Å². The van der Waals surface area contributed by atoms with Crippen LogP contribution >= 0.6 is 0 Å². The van der Waals surface area contributed by atoms with Crippen LogP contribution in [0.15, 0.2) is 30.5 Å². The van der Waals surface area contributed by atoms with Crippen LogP contribution in [0.25, 0.3) is 10.9 Å². The van der Waals surface area contributed by atoms with Crippen LogP contribution in [0.2, 0.25) is 0 Å². The Bertz CT molecular complexity index is 755. The fraction of sp³-hybridized carbons (Fsp3) is 0.312. The number of benzene rings is 1. The fourth-order valence-electron chi connectivity index (χ4n) is 2.40. The Morgan fingerprint density at radius 1 is 1.17 bits per heavy atom. The summed E-state index contributed by atoms with van der Waals surface area (Å²) in [6.45, 7) is 0. The van der Waals surface area contributed by atoms with Crippen molar-refractivity contribution in [2.75, 3.05) is 0 Å². The Morgan fingerprint density at radius 3 is 2.54 bits per heavy atom. The largest absolute Gasteiger partial charge is 0.480 e. The highest BCUT2D eigenvalue weighted by atomic mass is 16.4. The molecule has 0 aliphatic carbocycles. The first-order chi connectivity index (χ1) is 11.4. The van der Waals surface area contributed by atoms with Gasteiger partial charge in [0.25, 0.3) is 0 Å². The normalized spacial score (nSPS) is 13.4. The molecular weight excluding hydrogens is 314 g/mol. The van der Waals surface area contributed by atoms with Crippen LogP contribution in [0.3, 0.4) is 0 Å². The number of carboxylic acid groups (broad SMARTS) is 2. The highest BCUT2D eigenvalue weighted by Gasteiger charge is 2.22. The van der Waals surface area contributed by atoms with Crippen LogP contribution < -0.4 is 11.1 Å². The molecule has 8 nitrogen and oxygen atoms in total. The standard InChI is InChI=1S/C16H19N3O5/c17-11(15(21)22)5-6-14(20)19-13(16(23)24)7-9-8-18-12-4-2-1-3-10(9)12/h1-4,8,11,13,18H,5-7,17H2,(H,19,20)(H,21,22)(H,23,24)/t11-,13+/m0/s1. The molecule has 24 heavy (non-hydrogen) atoms. The molecule has 0 saturated carbocycles. The van der Waals surface area contributed by atoms with Crippen molar-refractivity contribution in [1.29, 1.82) is 0 Å². The van der Waals surface area contributed by atoms with Gasteiger partial charge in [0.05, 0.1) is 0 Å². The number of nitrogens with two attached hydrogens (primary N) is 1. The van der Waals surface area contributed by atoms with Gasteiger partial charge in [-0.25, -0.2) is 4.79 Å². The average Bonchev–Trinajstić information content (AvgIpc) is 2.95. The van der Waals surface area contributed by atoms with E-state index < -0.39 is 29.9 Å². The third-order valence-corrected chi connectivity index (χ3v) is 3.73. The quantitative estimate of drug-likeness (QED) is 0.475. The number of para-hydroxylation sites is 1. The second-order valence-electron chi connectivity index (χ2n) is 5.51. The molecule has 8 heteroatoms. The van der Waals surface area contributed by atoms with Crippen LogP contribution in [0.1, 0.15) is 18.4 Å². The topological polar surface area (TPSA) is 146 Å². The van der Waals surface area contributed by atoms with Crippen molar-refractivity contribution >= 4 is 28.7 Å². The second-order valence-corrected chi connectivity index (χ2v) is 5.51. The third-order valence-electron chi connectivity index (χ3n) is 3.73. The first-order valence-corrected chi connectivity index (χ1v) is 7.44. The van der Waals surface area contributed by atoms with Crippen molar-refractivity contribution in [3.63, 3.8) is 0 Å². The number of amides is 1. The van der Waals surface area contributed by atoms with Crippen LogP contribution in [0.4, 0.5) is 0 Å². The molecule has 1 heterocycles. The van der Waals surface area contributed by atoms with E-state index >= 15 is 0 Å². The number of aliphatic carboxylic acids is 2. The summed E-state index contributed by atoms with van der Waals surface area (Å²) in [5.41, 5.74) is 6.99. The maximum absolute atomic E-state index is 11.8. The molecule has 6 N–H and O–H groups in total. The van der Waals surface area contributed by atoms with Crippen LogP contribution in [-0.2, 0) is 20.8 Å². The van der Waals surface area contributed by atoms with Crippen LogP contribution in [0, 0.1) is 0 Å². The van der Waals surface area contributed by atoms with Gasteiger partial charge in [-0.3, -0.25) is 9.59 Å². The second kappa shape index (κ2) is 7.60. The summed E-state index contributed by atoms with van der Waals surface area (Å²) in [6, 6.07) is 5.21. The zero-order chi connectivity index (χ0) is 17.7. The maximum atomic E-state index is 11.8. The Labute approximate surface area is 137 Å². The lowest BCUT2D eigenvalue weighted by Crippen LogP contribution is -2.43. The highest BCUT2D eigenvalue weighted by Crippen LogP contribution is 2.19. The van der Waals surface area contributed by atoms with Gasteiger partial charge in [-0.1, -0.05) is 18.2 Å². The SMILES string of the molecule is N[C@@H](CCC(=O)N[C@H](Cc1c[nH]c2ccccc12)C(=O)O)C(=O)O. The Kier molecular flexibility index (Phi) is 5.54. The van der Waals surface area contributed by atoms with E-state index in [1.165, 1.54) is 0 Å². The van der Waals surface area contributed by atoms with Gasteiger partial charge < -0.3 is 26.2 Å². The summed E-state index contributed by atoms with van der Waals surface area (Å²) in [5.74, 6) is -2.90. The number of carbonyl (C=O) groups is 3. The number of fused-ring (bicyclic) bond motifs is 1. The van der Waals surface area contributed by atoms with E-state index in [9.17, 15) is 19.5 Å². The number of hydrogen-bond acceptors (Lipinski definition) is 4. The monoisotopic (exact) mass is 333 g/mol. The molecule has 2 atom stereocenters. The van der Waals surface area contributed by atoms with Gasteiger partial charge in [0.2, 0.25) is 5.91 Å². The van der Waals surface area contributed by atoms with E-state index in [4.69, 9.17) is 10.8 Å². The first-order valence-electron chi connectivity index (χ1n) is 7.44. The molecule has 2 rings (SSSR count). The summed E-state index contributed by atoms with van der Waals surface area (Å²) in [5, 5.41) is 21.3. The summed E-state index contributed by atoms with van der Waals surface area (Å²) < 4.78 is 0. The van der Waals surface area contributed by atoms with E-state index in [1.807, 2.05) is 24.3 Å². The lowest BCUT2D eigenvalue weighted by Gasteiger charge is -2.15. The molecule has 0 radical (unpaired) electrons. The van der Waals surface area contributed by atoms with Gasteiger partial charge >= 0.3 is 11.9 Å². The maximum Gasteiger partial charge on any atom is 0.326 e. The van der Waals surface area contributed by atoms with Crippen molar-refractivity contribution in [1.82, 2.24) is 10.3 Å². The number of rotatable bonds is 8. The van der Waals surface area contributed by atoms with E-state index in [0.29, 0.717) is 0 Å². The third kappa shape index (κ3) is 4.32. The fourth-order valence-corrected chi connectivity index (χ4v) is 2.40. The average molecular weight is 333 g/mol. The minimum absolute atomic E-state index is 0.0550. The molecule has 128 valence electrons. The van der Waals surface area contributed by atoms with Gasteiger partial charge in [-0.2, -0.15) is 0 Å². The van der Waals surface area contributed by atoms with Gasteiger partial charge in [-0.15, -0.1) is 0 Å². The Hall–Kier alpha value is -2.87. The molecule has 0 bridgehead atoms. The zero-order valence-electron chi connectivity index (χ0n) is 12.9. The van der Waals surface area contributed by atoms with E-state index in [1.54, 1.807) is 6.20 Å². The Balaban J connectivity index is 2.01. The highest BCUT2D eigenvalue weighted by molar-refractivity contribution is 5.87. The van der Waals surface area contributed by atoms with Crippen molar-refractivity contribution < 1.29 is 24.6 Å². The van der Waals surface area contributed by atoms with Gasteiger partial charge in [-0.05, 0) is 18.1 Å². The molecule has 0 unspecified atom stereocenters. The number of carboxylic acids is 2. The summed E-state index contributed by atoms with van der Waals surface area (Å²) in [6.07, 6.45) is 1.63. The molecule has 0 aliphatic heterocycles. The lowest BCUT2D eigenvalue weighted by atomic mass is 10.0. The molecule has 2 aromatic rings. The number of aromatic nitrogens is 1. The summed E-state index contributed by atoms with van der Waals surface area (Å²) in [4.78, 5) is 36.9. The molecular formula is C16H19N3O5. The van der Waals surface area contributed by atoms with Crippen molar-refractivity contribution in [3.05, 3.63) is 36.0 Å². The molecule has 1 aromatic heterocycles. The molecule has 1 aromatic carbocycles. The van der Waals surface area contributed by atoms with Gasteiger partial charge in [0.15, 0.2) is 0 Å². The number of hydrogen-bond donors (Lipinski definition) is 5. The van der Waals surface area contributed by atoms with Gasteiger partial charge in [0, 0.05) is 29.9 Å². The van der Waals surface area contributed by atoms with Crippen molar-refractivity contribution in [2.24, 2.45) is 5.73 Å². The minimum atomic E-state index is -1.20. The Morgan fingerprint density at radius 2 is 1.88 bits per heavy atom. The number of aromatic amines is 1. The first kappa shape index (κ1) is 17.5. The molecule has 0 saturated heterocycles. The zero-order valence-corrected chi connectivity index (χ0v) is 12.9. The van der Waals surface area contributed by atoms with Crippen LogP contribution in [-0.4, -0.2) is 45.1 Å². The predicted molar refractivity (Wildman–Crippen MR) is 86.4 cm³/mol. The van der Waals surface area contributed by atoms with Gasteiger partial charge in [0.1, 0.15) is 12.1 Å². The summed E-state index contributed by atoms with van der Waals surface area (Å²) in [7, 11) is 0. The molecule has 1 amide bonds. The van der Waals surface area contributed by atoms with Crippen molar-refractivity contribution in [2.45, 2.75) is 31.3 Å². The van der Waals surface area contributed by atoms with E-state index in [-0.39, 0.29) is 19.3 Å². The van der Waals surface area contributed by atoms with Crippen LogP contribution in [0.5, 0.6) is 0 Å². The molecule has 0 fully saturated rings. The van der Waals surface area contributed by atoms with Crippen molar-refractivity contribution in [3.8, 4) is 0 Å². The lowest BCUT2D eigenvalue weighted by molar-refractivity contribution is -0.142. The molecule has 0 aliphatic rings. The minimum Gasteiger partial charge on any atom is -0.480 e. The predicted octanol–water partition coefficient (Wildman–Crippen LogP) is 0.472. The number of nitrogens with one attached hydrogen (secondary N) is 2. The smallest absolute Gasteiger partial charge is 0.326 e. The summed E-state index contributed by atoms with van der Waals surface area (Å²) >= 11 is 0. The number of carbonyl (C=O) groups excluding carboxylic acids is 1. The number of H-pyrrole nitrogens is 1. The molecule has 0 spiro atoms.